The molecule has 2 amide bonds. The van der Waals surface area contributed by atoms with Crippen molar-refractivity contribution < 1.29 is 14.5 Å². The van der Waals surface area contributed by atoms with Gasteiger partial charge in [0.05, 0.1) is 15.5 Å². The van der Waals surface area contributed by atoms with Gasteiger partial charge in [-0.1, -0.05) is 35.9 Å². The number of nitrogens with one attached hydrogen (secondary N) is 3. The molecule has 0 aliphatic rings. The smallest absolute Gasteiger partial charge is 0.292 e. The lowest BCUT2D eigenvalue weighted by atomic mass is 10.2. The van der Waals surface area contributed by atoms with Gasteiger partial charge in [-0.15, -0.1) is 0 Å². The molecule has 0 saturated heterocycles. The van der Waals surface area contributed by atoms with Crippen molar-refractivity contribution in [2.24, 2.45) is 0 Å². The minimum Gasteiger partial charge on any atom is -0.378 e. The van der Waals surface area contributed by atoms with Crippen LogP contribution in [0.25, 0.3) is 0 Å². The molecule has 1 atom stereocenters. The fourth-order valence-corrected chi connectivity index (χ4v) is 2.53. The highest BCUT2D eigenvalue weighted by Crippen LogP contribution is 2.22. The monoisotopic (exact) mass is 390 g/mol. The van der Waals surface area contributed by atoms with Gasteiger partial charge < -0.3 is 16.0 Å². The molecule has 0 saturated carbocycles. The van der Waals surface area contributed by atoms with Crippen molar-refractivity contribution in [2.75, 3.05) is 18.4 Å². The van der Waals surface area contributed by atoms with Crippen LogP contribution in [0.2, 0.25) is 5.02 Å². The molecule has 2 aromatic carbocycles. The van der Waals surface area contributed by atoms with E-state index >= 15 is 0 Å². The van der Waals surface area contributed by atoms with Crippen molar-refractivity contribution in [3.8, 4) is 0 Å². The quantitative estimate of drug-likeness (QED) is 0.364. The van der Waals surface area contributed by atoms with Crippen molar-refractivity contribution in [3.63, 3.8) is 0 Å². The number of rotatable bonds is 8. The first-order valence-corrected chi connectivity index (χ1v) is 8.58. The first-order chi connectivity index (χ1) is 12.9. The van der Waals surface area contributed by atoms with Crippen LogP contribution in [0.3, 0.4) is 0 Å². The zero-order valence-electron chi connectivity index (χ0n) is 14.6. The standard InChI is InChI=1S/C18H19ClN4O4/c1-12(22-18(25)13-6-2-3-7-14(13)19)17(24)21-11-10-20-15-8-4-5-9-16(15)23(26)27/h2-9,12,20H,10-11H2,1H3,(H,21,24)(H,22,25)/t12-/m0/s1. The maximum atomic E-state index is 12.1. The molecule has 9 heteroatoms. The van der Waals surface area contributed by atoms with Crippen LogP contribution < -0.4 is 16.0 Å². The van der Waals surface area contributed by atoms with Crippen LogP contribution in [0.15, 0.2) is 48.5 Å². The number of benzene rings is 2. The van der Waals surface area contributed by atoms with Crippen molar-refractivity contribution in [1.82, 2.24) is 10.6 Å². The van der Waals surface area contributed by atoms with Crippen LogP contribution in [0, 0.1) is 10.1 Å². The second-order valence-electron chi connectivity index (χ2n) is 5.67. The molecule has 0 fully saturated rings. The van der Waals surface area contributed by atoms with E-state index in [-0.39, 0.29) is 23.7 Å². The van der Waals surface area contributed by atoms with Crippen LogP contribution in [0.4, 0.5) is 11.4 Å². The van der Waals surface area contributed by atoms with Crippen molar-refractivity contribution in [3.05, 3.63) is 69.2 Å². The Morgan fingerprint density at radius 2 is 1.78 bits per heavy atom. The van der Waals surface area contributed by atoms with E-state index in [1.54, 1.807) is 49.4 Å². The number of anilines is 1. The van der Waals surface area contributed by atoms with Gasteiger partial charge in [0.25, 0.3) is 11.6 Å². The summed E-state index contributed by atoms with van der Waals surface area (Å²) in [5.74, 6) is -0.818. The van der Waals surface area contributed by atoms with Crippen LogP contribution in [-0.2, 0) is 4.79 Å². The molecule has 2 aromatic rings. The molecule has 0 spiro atoms. The van der Waals surface area contributed by atoms with E-state index in [4.69, 9.17) is 11.6 Å². The number of para-hydroxylation sites is 2. The molecule has 2 rings (SSSR count). The van der Waals surface area contributed by atoms with Crippen molar-refractivity contribution in [2.45, 2.75) is 13.0 Å². The van der Waals surface area contributed by atoms with Crippen LogP contribution >= 0.6 is 11.6 Å². The van der Waals surface area contributed by atoms with E-state index in [0.29, 0.717) is 17.3 Å². The van der Waals surface area contributed by atoms with Gasteiger partial charge in [0.15, 0.2) is 0 Å². The molecule has 8 nitrogen and oxygen atoms in total. The number of nitro benzene ring substituents is 1. The Morgan fingerprint density at radius 3 is 2.48 bits per heavy atom. The normalized spacial score (nSPS) is 11.3. The molecule has 0 aromatic heterocycles. The SMILES string of the molecule is C[C@H](NC(=O)c1ccccc1Cl)C(=O)NCCNc1ccccc1[N+](=O)[O-]. The summed E-state index contributed by atoms with van der Waals surface area (Å²) in [6.45, 7) is 2.08. The largest absolute Gasteiger partial charge is 0.378 e. The van der Waals surface area contributed by atoms with E-state index in [0.717, 1.165) is 0 Å². The molecule has 27 heavy (non-hydrogen) atoms. The Balaban J connectivity index is 1.80. The Labute approximate surface area is 161 Å². The minimum atomic E-state index is -0.764. The average Bonchev–Trinajstić information content (AvgIpc) is 2.65. The lowest BCUT2D eigenvalue weighted by molar-refractivity contribution is -0.384. The summed E-state index contributed by atoms with van der Waals surface area (Å²) >= 11 is 5.96. The molecule has 0 aliphatic carbocycles. The Hall–Kier alpha value is -3.13. The third kappa shape index (κ3) is 5.68. The topological polar surface area (TPSA) is 113 Å². The highest BCUT2D eigenvalue weighted by Gasteiger charge is 2.18. The Morgan fingerprint density at radius 1 is 1.11 bits per heavy atom. The van der Waals surface area contributed by atoms with Crippen molar-refractivity contribution >= 4 is 34.8 Å². The van der Waals surface area contributed by atoms with E-state index < -0.39 is 16.9 Å². The predicted molar refractivity (Wildman–Crippen MR) is 103 cm³/mol. The third-order valence-corrected chi connectivity index (χ3v) is 4.03. The molecule has 142 valence electrons. The highest BCUT2D eigenvalue weighted by atomic mass is 35.5. The maximum absolute atomic E-state index is 12.1. The van der Waals surface area contributed by atoms with Crippen molar-refractivity contribution in [1.29, 1.82) is 0 Å². The van der Waals surface area contributed by atoms with Gasteiger partial charge in [-0.25, -0.2) is 0 Å². The van der Waals surface area contributed by atoms with Gasteiger partial charge in [0.2, 0.25) is 5.91 Å². The van der Waals surface area contributed by atoms with Gasteiger partial charge in [0, 0.05) is 19.2 Å². The first kappa shape index (κ1) is 20.2. The molecule has 0 unspecified atom stereocenters. The van der Waals surface area contributed by atoms with Crippen LogP contribution in [0.1, 0.15) is 17.3 Å². The highest BCUT2D eigenvalue weighted by molar-refractivity contribution is 6.33. The fourth-order valence-electron chi connectivity index (χ4n) is 2.30. The summed E-state index contributed by atoms with van der Waals surface area (Å²) in [7, 11) is 0. The third-order valence-electron chi connectivity index (χ3n) is 3.70. The first-order valence-electron chi connectivity index (χ1n) is 8.20. The second-order valence-corrected chi connectivity index (χ2v) is 6.07. The lowest BCUT2D eigenvalue weighted by Gasteiger charge is -2.15. The lowest BCUT2D eigenvalue weighted by Crippen LogP contribution is -2.45. The number of hydrogen-bond donors (Lipinski definition) is 3. The van der Waals surface area contributed by atoms with Gasteiger partial charge in [-0.2, -0.15) is 0 Å². The summed E-state index contributed by atoms with van der Waals surface area (Å²) in [5.41, 5.74) is 0.623. The molecule has 3 N–H and O–H groups in total. The number of carbonyl (C=O) groups is 2. The molecule has 0 radical (unpaired) electrons. The molecule has 0 bridgehead atoms. The van der Waals surface area contributed by atoms with Crippen LogP contribution in [-0.4, -0.2) is 35.9 Å². The van der Waals surface area contributed by atoms with E-state index in [1.165, 1.54) is 6.07 Å². The number of nitro groups is 1. The Bertz CT molecular complexity index is 844. The van der Waals surface area contributed by atoms with E-state index in [1.807, 2.05) is 0 Å². The van der Waals surface area contributed by atoms with Gasteiger partial charge in [-0.3, -0.25) is 19.7 Å². The number of halogens is 1. The zero-order valence-corrected chi connectivity index (χ0v) is 15.3. The molecular weight excluding hydrogens is 372 g/mol. The number of amides is 2. The van der Waals surface area contributed by atoms with Gasteiger partial charge >= 0.3 is 0 Å². The van der Waals surface area contributed by atoms with Gasteiger partial charge in [-0.05, 0) is 25.1 Å². The molecule has 0 aliphatic heterocycles. The van der Waals surface area contributed by atoms with Crippen LogP contribution in [0.5, 0.6) is 0 Å². The summed E-state index contributed by atoms with van der Waals surface area (Å²) in [4.78, 5) is 34.7. The second kappa shape index (κ2) is 9.54. The summed E-state index contributed by atoms with van der Waals surface area (Å²) in [6, 6.07) is 12.0. The van der Waals surface area contributed by atoms with Gasteiger partial charge in [0.1, 0.15) is 11.7 Å². The summed E-state index contributed by atoms with van der Waals surface area (Å²) < 4.78 is 0. The zero-order chi connectivity index (χ0) is 19.8. The maximum Gasteiger partial charge on any atom is 0.292 e. The molecule has 0 heterocycles. The fraction of sp³-hybridized carbons (Fsp3) is 0.222. The summed E-state index contributed by atoms with van der Waals surface area (Å²) in [5, 5.41) is 19.4. The number of nitrogens with zero attached hydrogens (tertiary/aromatic N) is 1. The minimum absolute atomic E-state index is 0.0378. The Kier molecular flexibility index (Phi) is 7.13. The molecular formula is C18H19ClN4O4. The number of carbonyl (C=O) groups excluding carboxylic acids is 2. The van der Waals surface area contributed by atoms with E-state index in [9.17, 15) is 19.7 Å². The number of hydrogen-bond acceptors (Lipinski definition) is 5. The predicted octanol–water partition coefficient (Wildman–Crippen LogP) is 2.59. The average molecular weight is 391 g/mol. The summed E-state index contributed by atoms with van der Waals surface area (Å²) in [6.07, 6.45) is 0. The van der Waals surface area contributed by atoms with E-state index in [2.05, 4.69) is 16.0 Å².